The molecule has 0 unspecified atom stereocenters. The second-order valence-corrected chi connectivity index (χ2v) is 6.97. The van der Waals surface area contributed by atoms with E-state index >= 15 is 0 Å². The molecule has 0 spiro atoms. The smallest absolute Gasteiger partial charge is 0.279 e. The number of benzene rings is 3. The van der Waals surface area contributed by atoms with Crippen molar-refractivity contribution in [2.45, 2.75) is 6.92 Å². The van der Waals surface area contributed by atoms with Crippen LogP contribution in [-0.4, -0.2) is 9.78 Å². The van der Waals surface area contributed by atoms with Crippen LogP contribution in [0.15, 0.2) is 86.8 Å². The Kier molecular flexibility index (Phi) is 4.06. The fourth-order valence-electron chi connectivity index (χ4n) is 3.59. The number of hydrogen-bond donors (Lipinski definition) is 0. The summed E-state index contributed by atoms with van der Waals surface area (Å²) in [5, 5.41) is 5.75. The number of nitrogens with zero attached hydrogens (tertiary/aromatic N) is 2. The largest absolute Gasteiger partial charge is 0.454 e. The first-order valence-corrected chi connectivity index (χ1v) is 9.35. The summed E-state index contributed by atoms with van der Waals surface area (Å²) in [5.74, 6) is -0.261. The third kappa shape index (κ3) is 2.73. The summed E-state index contributed by atoms with van der Waals surface area (Å²) in [6, 6.07) is 19.9. The van der Waals surface area contributed by atoms with Crippen LogP contribution in [-0.2, 0) is 0 Å². The highest BCUT2D eigenvalue weighted by Crippen LogP contribution is 2.29. The van der Waals surface area contributed by atoms with Gasteiger partial charge in [-0.1, -0.05) is 36.4 Å². The van der Waals surface area contributed by atoms with Gasteiger partial charge in [0.1, 0.15) is 17.1 Å². The molecule has 5 rings (SSSR count). The maximum atomic E-state index is 13.6. The SMILES string of the molecule is Cc1c(-c2nn(-c3ccccc3)c(=O)c3ccccc23)oc2ccc(F)cc2c1=O. The summed E-state index contributed by atoms with van der Waals surface area (Å²) in [6.45, 7) is 1.61. The van der Waals surface area contributed by atoms with E-state index in [2.05, 4.69) is 5.10 Å². The number of fused-ring (bicyclic) bond motifs is 2. The van der Waals surface area contributed by atoms with E-state index in [1.165, 1.54) is 16.8 Å². The van der Waals surface area contributed by atoms with Gasteiger partial charge in [0.2, 0.25) is 0 Å². The molecule has 2 heterocycles. The first-order valence-electron chi connectivity index (χ1n) is 9.35. The first-order chi connectivity index (χ1) is 14.5. The van der Waals surface area contributed by atoms with Crippen molar-refractivity contribution in [3.63, 3.8) is 0 Å². The molecule has 0 bridgehead atoms. The molecule has 3 aromatic carbocycles. The van der Waals surface area contributed by atoms with Crippen molar-refractivity contribution in [3.05, 3.63) is 105 Å². The van der Waals surface area contributed by atoms with Gasteiger partial charge in [-0.15, -0.1) is 0 Å². The van der Waals surface area contributed by atoms with Crippen LogP contribution in [0.4, 0.5) is 4.39 Å². The lowest BCUT2D eigenvalue weighted by molar-refractivity contribution is 0.601. The molecule has 2 aromatic heterocycles. The minimum Gasteiger partial charge on any atom is -0.454 e. The van der Waals surface area contributed by atoms with E-state index < -0.39 is 5.82 Å². The highest BCUT2D eigenvalue weighted by atomic mass is 19.1. The Labute approximate surface area is 169 Å². The second kappa shape index (κ2) is 6.77. The third-order valence-corrected chi connectivity index (χ3v) is 5.10. The van der Waals surface area contributed by atoms with Crippen LogP contribution in [0.25, 0.3) is 38.9 Å². The summed E-state index contributed by atoms with van der Waals surface area (Å²) in [5.41, 5.74) is 0.902. The van der Waals surface area contributed by atoms with E-state index in [1.807, 2.05) is 18.2 Å². The van der Waals surface area contributed by atoms with Crippen molar-refractivity contribution in [3.8, 4) is 17.1 Å². The molecule has 0 aliphatic rings. The van der Waals surface area contributed by atoms with E-state index in [0.717, 1.165) is 6.07 Å². The Morgan fingerprint density at radius 1 is 0.867 bits per heavy atom. The number of halogens is 1. The molecular formula is C24H15FN2O3. The average Bonchev–Trinajstić information content (AvgIpc) is 2.78. The van der Waals surface area contributed by atoms with Gasteiger partial charge in [-0.2, -0.15) is 9.78 Å². The van der Waals surface area contributed by atoms with Gasteiger partial charge in [0.25, 0.3) is 5.56 Å². The summed E-state index contributed by atoms with van der Waals surface area (Å²) in [7, 11) is 0. The van der Waals surface area contributed by atoms with Crippen LogP contribution in [0.3, 0.4) is 0 Å². The molecule has 0 saturated heterocycles. The number of aromatic nitrogens is 2. The topological polar surface area (TPSA) is 65.1 Å². The lowest BCUT2D eigenvalue weighted by atomic mass is 10.0. The molecule has 0 radical (unpaired) electrons. The highest BCUT2D eigenvalue weighted by molar-refractivity contribution is 5.94. The molecule has 5 aromatic rings. The number of rotatable bonds is 2. The van der Waals surface area contributed by atoms with Gasteiger partial charge in [-0.05, 0) is 43.3 Å². The van der Waals surface area contributed by atoms with Crippen molar-refractivity contribution < 1.29 is 8.81 Å². The molecule has 6 heteroatoms. The quantitative estimate of drug-likeness (QED) is 0.436. The normalized spacial score (nSPS) is 11.3. The fraction of sp³-hybridized carbons (Fsp3) is 0.0417. The number of hydrogen-bond acceptors (Lipinski definition) is 4. The molecule has 146 valence electrons. The first kappa shape index (κ1) is 18.0. The molecule has 0 saturated carbocycles. The average molecular weight is 398 g/mol. The predicted molar refractivity (Wildman–Crippen MR) is 114 cm³/mol. The summed E-state index contributed by atoms with van der Waals surface area (Å²) in [6.07, 6.45) is 0. The van der Waals surface area contributed by atoms with Crippen LogP contribution >= 0.6 is 0 Å². The minimum absolute atomic E-state index is 0.164. The summed E-state index contributed by atoms with van der Waals surface area (Å²) < 4.78 is 20.9. The molecule has 0 amide bonds. The Balaban J connectivity index is 1.91. The van der Waals surface area contributed by atoms with E-state index in [4.69, 9.17) is 4.42 Å². The van der Waals surface area contributed by atoms with Gasteiger partial charge < -0.3 is 4.42 Å². The van der Waals surface area contributed by atoms with Gasteiger partial charge in [-0.3, -0.25) is 9.59 Å². The Hall–Kier alpha value is -4.06. The van der Waals surface area contributed by atoms with Gasteiger partial charge >= 0.3 is 0 Å². The van der Waals surface area contributed by atoms with Crippen LogP contribution in [0.1, 0.15) is 5.56 Å². The molecule has 0 N–H and O–H groups in total. The lowest BCUT2D eigenvalue weighted by Gasteiger charge is -2.12. The van der Waals surface area contributed by atoms with E-state index in [1.54, 1.807) is 43.3 Å². The Morgan fingerprint density at radius 3 is 2.33 bits per heavy atom. The lowest BCUT2D eigenvalue weighted by Crippen LogP contribution is -2.22. The van der Waals surface area contributed by atoms with Crippen molar-refractivity contribution in [1.82, 2.24) is 9.78 Å². The van der Waals surface area contributed by atoms with Crippen molar-refractivity contribution in [1.29, 1.82) is 0 Å². The van der Waals surface area contributed by atoms with Crippen LogP contribution in [0.2, 0.25) is 0 Å². The molecule has 30 heavy (non-hydrogen) atoms. The van der Waals surface area contributed by atoms with Crippen molar-refractivity contribution in [2.75, 3.05) is 0 Å². The zero-order valence-corrected chi connectivity index (χ0v) is 15.9. The second-order valence-electron chi connectivity index (χ2n) is 6.97. The van der Waals surface area contributed by atoms with Gasteiger partial charge in [-0.25, -0.2) is 4.39 Å². The highest BCUT2D eigenvalue weighted by Gasteiger charge is 2.20. The molecule has 5 nitrogen and oxygen atoms in total. The van der Waals surface area contributed by atoms with Gasteiger partial charge in [0.15, 0.2) is 11.2 Å². The molecule has 0 aliphatic carbocycles. The summed E-state index contributed by atoms with van der Waals surface area (Å²) in [4.78, 5) is 26.0. The predicted octanol–water partition coefficient (Wildman–Crippen LogP) is 4.61. The molecule has 0 atom stereocenters. The van der Waals surface area contributed by atoms with E-state index in [-0.39, 0.29) is 27.7 Å². The van der Waals surface area contributed by atoms with E-state index in [0.29, 0.717) is 27.7 Å². The standard InChI is InChI=1S/C24H15FN2O3/c1-14-22(28)19-13-15(25)11-12-20(19)30-23(14)21-17-9-5-6-10-18(17)24(29)27(26-21)16-7-3-2-4-8-16/h2-13H,1H3. The van der Waals surface area contributed by atoms with Crippen molar-refractivity contribution >= 4 is 21.7 Å². The maximum Gasteiger partial charge on any atom is 0.279 e. The van der Waals surface area contributed by atoms with Crippen molar-refractivity contribution in [2.24, 2.45) is 0 Å². The molecular weight excluding hydrogens is 383 g/mol. The maximum absolute atomic E-state index is 13.6. The van der Waals surface area contributed by atoms with Crippen LogP contribution < -0.4 is 11.0 Å². The van der Waals surface area contributed by atoms with Gasteiger partial charge in [0.05, 0.1) is 16.5 Å². The zero-order valence-electron chi connectivity index (χ0n) is 15.9. The molecule has 0 fully saturated rings. The molecule has 0 aliphatic heterocycles. The third-order valence-electron chi connectivity index (χ3n) is 5.10. The number of para-hydroxylation sites is 1. The monoisotopic (exact) mass is 398 g/mol. The zero-order chi connectivity index (χ0) is 20.8. The Morgan fingerprint density at radius 2 is 1.57 bits per heavy atom. The minimum atomic E-state index is -0.511. The van der Waals surface area contributed by atoms with Gasteiger partial charge in [0, 0.05) is 10.9 Å². The van der Waals surface area contributed by atoms with E-state index in [9.17, 15) is 14.0 Å². The summed E-state index contributed by atoms with van der Waals surface area (Å²) >= 11 is 0. The van der Waals surface area contributed by atoms with Crippen LogP contribution in [0.5, 0.6) is 0 Å². The Bertz CT molecular complexity index is 1550. The fourth-order valence-corrected chi connectivity index (χ4v) is 3.59. The van der Waals surface area contributed by atoms with Crippen LogP contribution in [0, 0.1) is 12.7 Å².